The second kappa shape index (κ2) is 10.0. The number of nitrogens with zero attached hydrogens (tertiary/aromatic N) is 2. The molecule has 0 radical (unpaired) electrons. The van der Waals surface area contributed by atoms with Gasteiger partial charge in [-0.3, -0.25) is 4.79 Å². The van der Waals surface area contributed by atoms with E-state index in [1.165, 1.54) is 10.7 Å². The summed E-state index contributed by atoms with van der Waals surface area (Å²) in [6.07, 6.45) is 6.32. The Morgan fingerprint density at radius 1 is 1.03 bits per heavy atom. The molecule has 2 atom stereocenters. The maximum absolute atomic E-state index is 13.6. The lowest BCUT2D eigenvalue weighted by Crippen LogP contribution is -2.53. The number of carbonyl (C=O) groups excluding carboxylic acids is 1. The third kappa shape index (κ3) is 5.61. The summed E-state index contributed by atoms with van der Waals surface area (Å²) < 4.78 is 52.3. The van der Waals surface area contributed by atoms with Crippen molar-refractivity contribution >= 4 is 25.8 Å². The van der Waals surface area contributed by atoms with Crippen molar-refractivity contribution in [3.05, 3.63) is 29.8 Å². The van der Waals surface area contributed by atoms with E-state index in [4.69, 9.17) is 5.73 Å². The Morgan fingerprint density at radius 3 is 2.39 bits per heavy atom. The lowest BCUT2D eigenvalue weighted by Gasteiger charge is -2.42. The van der Waals surface area contributed by atoms with Gasteiger partial charge in [-0.1, -0.05) is 44.2 Å². The molecule has 1 saturated carbocycles. The van der Waals surface area contributed by atoms with E-state index < -0.39 is 25.8 Å². The van der Waals surface area contributed by atoms with Gasteiger partial charge in [-0.05, 0) is 36.0 Å². The van der Waals surface area contributed by atoms with E-state index in [-0.39, 0.29) is 54.4 Å². The van der Waals surface area contributed by atoms with Crippen LogP contribution in [0.2, 0.25) is 0 Å². The maximum Gasteiger partial charge on any atom is 0.243 e. The van der Waals surface area contributed by atoms with E-state index >= 15 is 0 Å². The van der Waals surface area contributed by atoms with E-state index in [9.17, 15) is 21.6 Å². The van der Waals surface area contributed by atoms with Crippen LogP contribution in [0.25, 0.3) is 0 Å². The number of sulfonamides is 1. The largest absolute Gasteiger partial charge is 0.340 e. The molecular weight excluding hydrogens is 462 g/mol. The Hall–Kier alpha value is -1.49. The monoisotopic (exact) mass is 497 g/mol. The molecule has 2 aliphatic heterocycles. The number of hydrogen-bond acceptors (Lipinski definition) is 6. The smallest absolute Gasteiger partial charge is 0.243 e. The van der Waals surface area contributed by atoms with Gasteiger partial charge in [0, 0.05) is 32.7 Å². The van der Waals surface area contributed by atoms with Crippen LogP contribution < -0.4 is 5.73 Å². The van der Waals surface area contributed by atoms with E-state index in [0.29, 0.717) is 18.9 Å². The molecule has 3 aliphatic rings. The molecule has 2 N–H and O–H groups in total. The fraction of sp³-hybridized carbons (Fsp3) is 0.696. The summed E-state index contributed by atoms with van der Waals surface area (Å²) in [7, 11) is -6.87. The molecule has 0 aromatic heterocycles. The molecule has 1 aromatic carbocycles. The third-order valence-electron chi connectivity index (χ3n) is 7.54. The highest BCUT2D eigenvalue weighted by Crippen LogP contribution is 2.38. The first-order valence-electron chi connectivity index (χ1n) is 12.0. The van der Waals surface area contributed by atoms with Crippen LogP contribution in [-0.2, 0) is 31.2 Å². The van der Waals surface area contributed by atoms with Crippen LogP contribution >= 0.6 is 0 Å². The van der Waals surface area contributed by atoms with Crippen LogP contribution in [0.4, 0.5) is 0 Å². The first-order valence-corrected chi connectivity index (χ1v) is 15.2. The highest BCUT2D eigenvalue weighted by molar-refractivity contribution is 7.91. The molecular formula is C23H35N3O5S2. The molecule has 0 unspecified atom stereocenters. The second-order valence-electron chi connectivity index (χ2n) is 9.74. The van der Waals surface area contributed by atoms with Crippen molar-refractivity contribution in [1.29, 1.82) is 0 Å². The molecule has 2 heterocycles. The van der Waals surface area contributed by atoms with Gasteiger partial charge in [0.25, 0.3) is 0 Å². The summed E-state index contributed by atoms with van der Waals surface area (Å²) in [6.45, 7) is 1.21. The normalized spacial score (nSPS) is 27.4. The first-order chi connectivity index (χ1) is 15.7. The number of hydrogen-bond donors (Lipinski definition) is 1. The summed E-state index contributed by atoms with van der Waals surface area (Å²) >= 11 is 0. The summed E-state index contributed by atoms with van der Waals surface area (Å²) in [5.74, 6) is -0.0463. The molecule has 1 aliphatic carbocycles. The van der Waals surface area contributed by atoms with E-state index in [1.54, 1.807) is 29.2 Å². The number of sulfone groups is 1. The van der Waals surface area contributed by atoms with Gasteiger partial charge < -0.3 is 10.6 Å². The lowest BCUT2D eigenvalue weighted by molar-refractivity contribution is -0.137. The zero-order valence-electron chi connectivity index (χ0n) is 19.1. The minimum Gasteiger partial charge on any atom is -0.340 e. The molecule has 184 valence electrons. The predicted molar refractivity (Wildman–Crippen MR) is 126 cm³/mol. The Bertz CT molecular complexity index is 1050. The van der Waals surface area contributed by atoms with Crippen LogP contribution in [0.5, 0.6) is 0 Å². The topological polar surface area (TPSA) is 118 Å². The van der Waals surface area contributed by atoms with Crippen LogP contribution in [0.1, 0.15) is 44.1 Å². The summed E-state index contributed by atoms with van der Waals surface area (Å²) in [4.78, 5) is 15.2. The standard InChI is InChI=1S/C23H35N3O5S2/c24-15-18-5-4-8-22(13-18)33(30,31)26-16-20(19-6-2-1-3-7-19)14-21(17-26)23(27)25-9-11-32(28,29)12-10-25/h4-5,8,13,19-21H,1-3,6-7,9-12,14-17,24H2/t20-,21+/m1/s1. The number of amides is 1. The lowest BCUT2D eigenvalue weighted by atomic mass is 9.74. The molecule has 1 amide bonds. The first kappa shape index (κ1) is 24.6. The average Bonchev–Trinajstić information content (AvgIpc) is 2.84. The van der Waals surface area contributed by atoms with Crippen molar-refractivity contribution in [3.63, 3.8) is 0 Å². The van der Waals surface area contributed by atoms with Crippen molar-refractivity contribution in [2.45, 2.75) is 50.0 Å². The van der Waals surface area contributed by atoms with Crippen molar-refractivity contribution in [2.24, 2.45) is 23.5 Å². The molecule has 1 aromatic rings. The van der Waals surface area contributed by atoms with Crippen molar-refractivity contribution in [2.75, 3.05) is 37.7 Å². The number of benzene rings is 1. The van der Waals surface area contributed by atoms with Crippen LogP contribution in [0.15, 0.2) is 29.2 Å². The van der Waals surface area contributed by atoms with Gasteiger partial charge in [-0.2, -0.15) is 4.31 Å². The quantitative estimate of drug-likeness (QED) is 0.660. The third-order valence-corrected chi connectivity index (χ3v) is 11.0. The van der Waals surface area contributed by atoms with E-state index in [2.05, 4.69) is 0 Å². The summed E-state index contributed by atoms with van der Waals surface area (Å²) in [5, 5.41) is 0. The number of piperidine rings is 1. The Kier molecular flexibility index (Phi) is 7.47. The molecule has 33 heavy (non-hydrogen) atoms. The zero-order chi connectivity index (χ0) is 23.6. The fourth-order valence-electron chi connectivity index (χ4n) is 5.59. The fourth-order valence-corrected chi connectivity index (χ4v) is 8.41. The average molecular weight is 498 g/mol. The number of nitrogens with two attached hydrogens (primary N) is 1. The van der Waals surface area contributed by atoms with Gasteiger partial charge >= 0.3 is 0 Å². The van der Waals surface area contributed by atoms with E-state index in [1.807, 2.05) is 0 Å². The minimum absolute atomic E-state index is 0.0224. The molecule has 2 saturated heterocycles. The van der Waals surface area contributed by atoms with Gasteiger partial charge in [-0.15, -0.1) is 0 Å². The Labute approximate surface area is 197 Å². The van der Waals surface area contributed by atoms with Gasteiger partial charge in [0.05, 0.1) is 22.3 Å². The minimum atomic E-state index is -3.77. The number of rotatable bonds is 5. The molecule has 3 fully saturated rings. The van der Waals surface area contributed by atoms with Crippen molar-refractivity contribution in [1.82, 2.24) is 9.21 Å². The number of carbonyl (C=O) groups is 1. The highest BCUT2D eigenvalue weighted by Gasteiger charge is 2.42. The highest BCUT2D eigenvalue weighted by atomic mass is 32.2. The molecule has 10 heteroatoms. The molecule has 0 bridgehead atoms. The predicted octanol–water partition coefficient (Wildman–Crippen LogP) is 1.61. The van der Waals surface area contributed by atoms with Gasteiger partial charge in [0.2, 0.25) is 15.9 Å². The van der Waals surface area contributed by atoms with Crippen LogP contribution in [-0.4, -0.2) is 69.6 Å². The van der Waals surface area contributed by atoms with Crippen molar-refractivity contribution in [3.8, 4) is 0 Å². The summed E-state index contributed by atoms with van der Waals surface area (Å²) in [6, 6.07) is 6.71. The van der Waals surface area contributed by atoms with E-state index in [0.717, 1.165) is 31.2 Å². The molecule has 4 rings (SSSR count). The summed E-state index contributed by atoms with van der Waals surface area (Å²) in [5.41, 5.74) is 6.47. The van der Waals surface area contributed by atoms with Gasteiger partial charge in [-0.25, -0.2) is 16.8 Å². The van der Waals surface area contributed by atoms with Gasteiger partial charge in [0.1, 0.15) is 0 Å². The molecule has 0 spiro atoms. The Balaban J connectivity index is 1.58. The SMILES string of the molecule is NCc1cccc(S(=O)(=O)N2C[C@@H](C(=O)N3CCS(=O)(=O)CC3)C[C@@H](C3CCCCC3)C2)c1. The Morgan fingerprint density at radius 2 is 1.73 bits per heavy atom. The van der Waals surface area contributed by atoms with Crippen molar-refractivity contribution < 1.29 is 21.6 Å². The zero-order valence-corrected chi connectivity index (χ0v) is 20.7. The maximum atomic E-state index is 13.6. The molecule has 8 nitrogen and oxygen atoms in total. The second-order valence-corrected chi connectivity index (χ2v) is 14.0. The van der Waals surface area contributed by atoms with Crippen LogP contribution in [0.3, 0.4) is 0 Å². The van der Waals surface area contributed by atoms with Crippen LogP contribution in [0, 0.1) is 17.8 Å². The van der Waals surface area contributed by atoms with Gasteiger partial charge in [0.15, 0.2) is 9.84 Å².